The quantitative estimate of drug-likeness (QED) is 0.841. The number of likely N-dealkylation sites (tertiary alicyclic amines) is 1. The molecule has 1 atom stereocenters. The van der Waals surface area contributed by atoms with Crippen molar-refractivity contribution < 1.29 is 19.2 Å². The van der Waals surface area contributed by atoms with E-state index in [9.17, 15) is 9.59 Å². The summed E-state index contributed by atoms with van der Waals surface area (Å²) in [5.41, 5.74) is 3.40. The molecule has 1 amide bonds. The van der Waals surface area contributed by atoms with E-state index >= 15 is 0 Å². The van der Waals surface area contributed by atoms with Crippen LogP contribution in [0.15, 0.2) is 16.9 Å². The molecule has 0 spiro atoms. The number of carbonyl (C=O) groups is 2. The first-order valence-electron chi connectivity index (χ1n) is 8.67. The van der Waals surface area contributed by atoms with E-state index in [1.54, 1.807) is 11.2 Å². The molecule has 138 valence electrons. The minimum absolute atomic E-state index is 0.0613. The maximum atomic E-state index is 12.1. The summed E-state index contributed by atoms with van der Waals surface area (Å²) in [5, 5.41) is 12.7. The molecule has 8 nitrogen and oxygen atoms in total. The van der Waals surface area contributed by atoms with Crippen LogP contribution in [0.25, 0.3) is 11.3 Å². The van der Waals surface area contributed by atoms with Crippen molar-refractivity contribution in [3.05, 3.63) is 29.5 Å². The van der Waals surface area contributed by atoms with Gasteiger partial charge in [0.05, 0.1) is 23.4 Å². The Hall–Kier alpha value is -2.77. The molecule has 0 aliphatic carbocycles. The Morgan fingerprint density at radius 1 is 1.31 bits per heavy atom. The Bertz CT molecular complexity index is 798. The van der Waals surface area contributed by atoms with Crippen LogP contribution in [0.3, 0.4) is 0 Å². The topological polar surface area (TPSA) is 109 Å². The van der Waals surface area contributed by atoms with Crippen molar-refractivity contribution in [3.8, 4) is 11.3 Å². The number of rotatable bonds is 6. The molecule has 0 saturated carbocycles. The summed E-state index contributed by atoms with van der Waals surface area (Å²) < 4.78 is 5.21. The summed E-state index contributed by atoms with van der Waals surface area (Å²) in [4.78, 5) is 33.1. The Morgan fingerprint density at radius 3 is 2.81 bits per heavy atom. The van der Waals surface area contributed by atoms with Gasteiger partial charge in [0.1, 0.15) is 12.1 Å². The van der Waals surface area contributed by atoms with E-state index in [0.717, 1.165) is 41.2 Å². The zero-order chi connectivity index (χ0) is 18.7. The molecule has 1 saturated heterocycles. The summed E-state index contributed by atoms with van der Waals surface area (Å²) in [6.45, 7) is 5.05. The third kappa shape index (κ3) is 4.07. The first-order chi connectivity index (χ1) is 12.4. The molecule has 1 N–H and O–H groups in total. The van der Waals surface area contributed by atoms with E-state index in [4.69, 9.17) is 9.63 Å². The van der Waals surface area contributed by atoms with Crippen molar-refractivity contribution in [2.24, 2.45) is 5.92 Å². The summed E-state index contributed by atoms with van der Waals surface area (Å²) in [5.74, 6) is 0.00958. The van der Waals surface area contributed by atoms with Crippen LogP contribution >= 0.6 is 0 Å². The molecule has 1 aliphatic rings. The van der Waals surface area contributed by atoms with Crippen molar-refractivity contribution in [1.29, 1.82) is 0 Å². The van der Waals surface area contributed by atoms with Crippen LogP contribution in [0, 0.1) is 19.8 Å². The molecule has 2 aromatic heterocycles. The number of hydrogen-bond acceptors (Lipinski definition) is 6. The first kappa shape index (κ1) is 18.0. The highest BCUT2D eigenvalue weighted by Crippen LogP contribution is 2.26. The third-order valence-corrected chi connectivity index (χ3v) is 4.70. The molecule has 0 radical (unpaired) electrons. The number of aryl methyl sites for hydroxylation is 2. The molecule has 0 bridgehead atoms. The van der Waals surface area contributed by atoms with E-state index in [1.165, 1.54) is 0 Å². The summed E-state index contributed by atoms with van der Waals surface area (Å²) in [6, 6.07) is 1.95. The monoisotopic (exact) mass is 358 g/mol. The fraction of sp³-hybridized carbons (Fsp3) is 0.500. The van der Waals surface area contributed by atoms with Gasteiger partial charge in [-0.2, -0.15) is 0 Å². The van der Waals surface area contributed by atoms with Crippen LogP contribution in [-0.2, 0) is 16.0 Å². The SMILES string of the molecule is Cc1noc(C)c1-c1cc(C[C@H]2CCN(C(=O)CCC(=O)O)C2)ncn1. The molecule has 0 unspecified atom stereocenters. The van der Waals surface area contributed by atoms with Crippen LogP contribution in [0.5, 0.6) is 0 Å². The van der Waals surface area contributed by atoms with Crippen LogP contribution in [-0.4, -0.2) is 50.1 Å². The van der Waals surface area contributed by atoms with Gasteiger partial charge in [0.15, 0.2) is 0 Å². The third-order valence-electron chi connectivity index (χ3n) is 4.70. The minimum atomic E-state index is -0.943. The second-order valence-corrected chi connectivity index (χ2v) is 6.69. The van der Waals surface area contributed by atoms with Gasteiger partial charge in [0, 0.05) is 25.2 Å². The maximum absolute atomic E-state index is 12.1. The molecule has 0 aromatic carbocycles. The highest BCUT2D eigenvalue weighted by atomic mass is 16.5. The van der Waals surface area contributed by atoms with Crippen LogP contribution in [0.1, 0.15) is 36.4 Å². The van der Waals surface area contributed by atoms with Gasteiger partial charge < -0.3 is 14.5 Å². The fourth-order valence-electron chi connectivity index (χ4n) is 3.39. The average Bonchev–Trinajstić information content (AvgIpc) is 3.19. The molecule has 3 rings (SSSR count). The Balaban J connectivity index is 1.63. The van der Waals surface area contributed by atoms with E-state index in [2.05, 4.69) is 15.1 Å². The number of nitrogens with zero attached hydrogens (tertiary/aromatic N) is 4. The smallest absolute Gasteiger partial charge is 0.303 e. The Labute approximate surface area is 151 Å². The number of carboxylic acid groups (broad SMARTS) is 1. The van der Waals surface area contributed by atoms with E-state index in [1.807, 2.05) is 19.9 Å². The van der Waals surface area contributed by atoms with Gasteiger partial charge >= 0.3 is 5.97 Å². The maximum Gasteiger partial charge on any atom is 0.303 e. The number of hydrogen-bond donors (Lipinski definition) is 1. The largest absolute Gasteiger partial charge is 0.481 e. The Morgan fingerprint density at radius 2 is 2.12 bits per heavy atom. The standard InChI is InChI=1S/C18H22N4O4/c1-11-18(12(2)26-21-11)15-8-14(19-10-20-15)7-13-5-6-22(9-13)16(23)3-4-17(24)25/h8,10,13H,3-7,9H2,1-2H3,(H,24,25)/t13-/m1/s1. The van der Waals surface area contributed by atoms with Gasteiger partial charge in [-0.05, 0) is 38.7 Å². The lowest BCUT2D eigenvalue weighted by atomic mass is 10.0. The highest BCUT2D eigenvalue weighted by molar-refractivity contribution is 5.80. The van der Waals surface area contributed by atoms with Crippen molar-refractivity contribution >= 4 is 11.9 Å². The van der Waals surface area contributed by atoms with Crippen LogP contribution in [0.2, 0.25) is 0 Å². The number of amides is 1. The Kier molecular flexibility index (Phi) is 5.29. The molecular weight excluding hydrogens is 336 g/mol. The predicted molar refractivity (Wildman–Crippen MR) is 92.3 cm³/mol. The van der Waals surface area contributed by atoms with Gasteiger partial charge in [-0.1, -0.05) is 5.16 Å². The van der Waals surface area contributed by atoms with Crippen LogP contribution in [0.4, 0.5) is 0 Å². The molecule has 2 aromatic rings. The number of carboxylic acids is 1. The lowest BCUT2D eigenvalue weighted by molar-refractivity contribution is -0.140. The van der Waals surface area contributed by atoms with Crippen molar-refractivity contribution in [3.63, 3.8) is 0 Å². The molecule has 26 heavy (non-hydrogen) atoms. The van der Waals surface area contributed by atoms with Crippen molar-refractivity contribution in [1.82, 2.24) is 20.0 Å². The second kappa shape index (κ2) is 7.63. The van der Waals surface area contributed by atoms with Gasteiger partial charge in [0.25, 0.3) is 0 Å². The van der Waals surface area contributed by atoms with Gasteiger partial charge in [-0.15, -0.1) is 0 Å². The zero-order valence-electron chi connectivity index (χ0n) is 14.9. The molecule has 1 fully saturated rings. The fourth-order valence-corrected chi connectivity index (χ4v) is 3.39. The summed E-state index contributed by atoms with van der Waals surface area (Å²) in [6.07, 6.45) is 3.13. The van der Waals surface area contributed by atoms with Crippen LogP contribution < -0.4 is 0 Å². The normalized spacial score (nSPS) is 16.8. The van der Waals surface area contributed by atoms with Crippen molar-refractivity contribution in [2.45, 2.75) is 39.5 Å². The molecule has 8 heteroatoms. The van der Waals surface area contributed by atoms with E-state index in [-0.39, 0.29) is 18.7 Å². The van der Waals surface area contributed by atoms with E-state index in [0.29, 0.717) is 19.0 Å². The average molecular weight is 358 g/mol. The van der Waals surface area contributed by atoms with Gasteiger partial charge in [0.2, 0.25) is 5.91 Å². The lowest BCUT2D eigenvalue weighted by Gasteiger charge is -2.16. The minimum Gasteiger partial charge on any atom is -0.481 e. The number of aromatic nitrogens is 3. The summed E-state index contributed by atoms with van der Waals surface area (Å²) in [7, 11) is 0. The van der Waals surface area contributed by atoms with Gasteiger partial charge in [-0.25, -0.2) is 9.97 Å². The molecule has 3 heterocycles. The highest BCUT2D eigenvalue weighted by Gasteiger charge is 2.27. The predicted octanol–water partition coefficient (Wildman–Crippen LogP) is 2.00. The number of aliphatic carboxylic acids is 1. The summed E-state index contributed by atoms with van der Waals surface area (Å²) >= 11 is 0. The number of carbonyl (C=O) groups excluding carboxylic acids is 1. The van der Waals surface area contributed by atoms with Crippen molar-refractivity contribution in [2.75, 3.05) is 13.1 Å². The molecule has 1 aliphatic heterocycles. The van der Waals surface area contributed by atoms with E-state index < -0.39 is 5.97 Å². The lowest BCUT2D eigenvalue weighted by Crippen LogP contribution is -2.29. The first-order valence-corrected chi connectivity index (χ1v) is 8.67. The second-order valence-electron chi connectivity index (χ2n) is 6.69. The zero-order valence-corrected chi connectivity index (χ0v) is 14.9. The van der Waals surface area contributed by atoms with Gasteiger partial charge in [-0.3, -0.25) is 9.59 Å². The molecular formula is C18H22N4O4.